The third-order valence-electron chi connectivity index (χ3n) is 2.82. The molecule has 0 heterocycles. The second kappa shape index (κ2) is 7.84. The number of rotatable bonds is 6. The average Bonchev–Trinajstić information content (AvgIpc) is 2.47. The highest BCUT2D eigenvalue weighted by molar-refractivity contribution is 7.98. The van der Waals surface area contributed by atoms with Crippen LogP contribution in [0.5, 0.6) is 0 Å². The van der Waals surface area contributed by atoms with Crippen molar-refractivity contribution in [3.8, 4) is 0 Å². The van der Waals surface area contributed by atoms with E-state index in [0.717, 1.165) is 4.90 Å². The van der Waals surface area contributed by atoms with Gasteiger partial charge in [-0.3, -0.25) is 9.59 Å². The monoisotopic (exact) mass is 281 g/mol. The van der Waals surface area contributed by atoms with Crippen LogP contribution in [0, 0.1) is 0 Å². The number of hydrogen-bond acceptors (Lipinski definition) is 4. The standard InChI is InChI=1S/C14H19NO3S/c1-4-15(10-9-13(16)18-2)14(17)11-7-5-6-8-12(11)19-3/h5-8H,4,9-10H2,1-3H3. The molecule has 0 spiro atoms. The van der Waals surface area contributed by atoms with Gasteiger partial charge in [0.25, 0.3) is 5.91 Å². The second-order valence-corrected chi connectivity index (χ2v) is 4.76. The van der Waals surface area contributed by atoms with Crippen LogP contribution in [0.1, 0.15) is 23.7 Å². The molecule has 0 aliphatic heterocycles. The van der Waals surface area contributed by atoms with Gasteiger partial charge in [-0.05, 0) is 25.3 Å². The first-order valence-electron chi connectivity index (χ1n) is 6.13. The smallest absolute Gasteiger partial charge is 0.307 e. The minimum atomic E-state index is -0.301. The molecule has 0 fully saturated rings. The van der Waals surface area contributed by atoms with Crippen LogP contribution in [0.15, 0.2) is 29.2 Å². The third-order valence-corrected chi connectivity index (χ3v) is 3.62. The Morgan fingerprint density at radius 3 is 2.58 bits per heavy atom. The first-order chi connectivity index (χ1) is 9.13. The number of esters is 1. The number of methoxy groups -OCH3 is 1. The molecule has 1 amide bonds. The molecule has 0 aliphatic carbocycles. The Morgan fingerprint density at radius 2 is 2.00 bits per heavy atom. The number of hydrogen-bond donors (Lipinski definition) is 0. The van der Waals surface area contributed by atoms with Crippen molar-refractivity contribution < 1.29 is 14.3 Å². The van der Waals surface area contributed by atoms with Crippen molar-refractivity contribution in [2.24, 2.45) is 0 Å². The largest absolute Gasteiger partial charge is 0.469 e. The van der Waals surface area contributed by atoms with E-state index in [-0.39, 0.29) is 18.3 Å². The zero-order valence-corrected chi connectivity index (χ0v) is 12.3. The Hall–Kier alpha value is -1.49. The minimum Gasteiger partial charge on any atom is -0.469 e. The van der Waals surface area contributed by atoms with Crippen molar-refractivity contribution in [2.45, 2.75) is 18.2 Å². The van der Waals surface area contributed by atoms with Crippen LogP contribution in [0.4, 0.5) is 0 Å². The van der Waals surface area contributed by atoms with E-state index < -0.39 is 0 Å². The maximum absolute atomic E-state index is 12.4. The fourth-order valence-corrected chi connectivity index (χ4v) is 2.31. The molecule has 1 rings (SSSR count). The summed E-state index contributed by atoms with van der Waals surface area (Å²) in [5.74, 6) is -0.347. The van der Waals surface area contributed by atoms with Crippen molar-refractivity contribution in [1.29, 1.82) is 0 Å². The molecule has 0 aromatic heterocycles. The van der Waals surface area contributed by atoms with E-state index in [4.69, 9.17) is 0 Å². The maximum atomic E-state index is 12.4. The molecular formula is C14H19NO3S. The number of nitrogens with zero attached hydrogens (tertiary/aromatic N) is 1. The topological polar surface area (TPSA) is 46.6 Å². The predicted octanol–water partition coefficient (Wildman–Crippen LogP) is 2.43. The summed E-state index contributed by atoms with van der Waals surface area (Å²) in [6.45, 7) is 2.85. The Morgan fingerprint density at radius 1 is 1.32 bits per heavy atom. The van der Waals surface area contributed by atoms with Gasteiger partial charge in [-0.25, -0.2) is 0 Å². The highest BCUT2D eigenvalue weighted by Gasteiger charge is 2.17. The molecule has 5 heteroatoms. The van der Waals surface area contributed by atoms with Crippen molar-refractivity contribution >= 4 is 23.6 Å². The van der Waals surface area contributed by atoms with Crippen molar-refractivity contribution in [1.82, 2.24) is 4.90 Å². The number of benzene rings is 1. The molecule has 0 N–H and O–H groups in total. The van der Waals surface area contributed by atoms with E-state index in [2.05, 4.69) is 4.74 Å². The van der Waals surface area contributed by atoms with Crippen LogP contribution in [0.25, 0.3) is 0 Å². The predicted molar refractivity (Wildman–Crippen MR) is 76.4 cm³/mol. The molecule has 1 aromatic rings. The number of thioether (sulfide) groups is 1. The summed E-state index contributed by atoms with van der Waals surface area (Å²) in [5.41, 5.74) is 0.682. The van der Waals surface area contributed by atoms with Gasteiger partial charge in [0.15, 0.2) is 0 Å². The van der Waals surface area contributed by atoms with Gasteiger partial charge >= 0.3 is 5.97 Å². The number of carbonyl (C=O) groups excluding carboxylic acids is 2. The summed E-state index contributed by atoms with van der Waals surface area (Å²) in [7, 11) is 1.35. The first-order valence-corrected chi connectivity index (χ1v) is 7.35. The van der Waals surface area contributed by atoms with Crippen molar-refractivity contribution in [3.63, 3.8) is 0 Å². The normalized spacial score (nSPS) is 10.1. The minimum absolute atomic E-state index is 0.0450. The lowest BCUT2D eigenvalue weighted by Gasteiger charge is -2.21. The summed E-state index contributed by atoms with van der Waals surface area (Å²) < 4.78 is 4.59. The SMILES string of the molecule is CCN(CCC(=O)OC)C(=O)c1ccccc1SC. The Bertz CT molecular complexity index is 448. The summed E-state index contributed by atoms with van der Waals surface area (Å²) in [5, 5.41) is 0. The van der Waals surface area contributed by atoms with E-state index in [1.807, 2.05) is 37.4 Å². The second-order valence-electron chi connectivity index (χ2n) is 3.91. The molecule has 0 bridgehead atoms. The number of ether oxygens (including phenoxy) is 1. The van der Waals surface area contributed by atoms with Crippen molar-refractivity contribution in [3.05, 3.63) is 29.8 Å². The Balaban J connectivity index is 2.80. The van der Waals surface area contributed by atoms with E-state index in [1.165, 1.54) is 7.11 Å². The number of carbonyl (C=O) groups is 2. The molecule has 19 heavy (non-hydrogen) atoms. The van der Waals surface area contributed by atoms with E-state index >= 15 is 0 Å². The van der Waals surface area contributed by atoms with E-state index in [0.29, 0.717) is 18.7 Å². The van der Waals surface area contributed by atoms with Crippen LogP contribution in [0.3, 0.4) is 0 Å². The summed E-state index contributed by atoms with van der Waals surface area (Å²) in [6, 6.07) is 7.50. The lowest BCUT2D eigenvalue weighted by atomic mass is 10.2. The van der Waals surface area contributed by atoms with Gasteiger partial charge in [-0.15, -0.1) is 11.8 Å². The zero-order valence-electron chi connectivity index (χ0n) is 11.5. The Kier molecular flexibility index (Phi) is 6.42. The van der Waals surface area contributed by atoms with Gasteiger partial charge in [0, 0.05) is 18.0 Å². The van der Waals surface area contributed by atoms with Crippen LogP contribution in [-0.4, -0.2) is 43.2 Å². The van der Waals surface area contributed by atoms with Crippen LogP contribution in [0.2, 0.25) is 0 Å². The lowest BCUT2D eigenvalue weighted by molar-refractivity contribution is -0.140. The highest BCUT2D eigenvalue weighted by Crippen LogP contribution is 2.21. The van der Waals surface area contributed by atoms with Gasteiger partial charge in [0.05, 0.1) is 19.1 Å². The molecule has 0 saturated heterocycles. The van der Waals surface area contributed by atoms with Gasteiger partial charge in [0.2, 0.25) is 0 Å². The van der Waals surface area contributed by atoms with Gasteiger partial charge < -0.3 is 9.64 Å². The fourth-order valence-electron chi connectivity index (χ4n) is 1.72. The molecule has 0 unspecified atom stereocenters. The van der Waals surface area contributed by atoms with Gasteiger partial charge in [-0.1, -0.05) is 12.1 Å². The van der Waals surface area contributed by atoms with Crippen LogP contribution >= 0.6 is 11.8 Å². The summed E-state index contributed by atoms with van der Waals surface area (Å²) in [4.78, 5) is 26.2. The number of amides is 1. The summed E-state index contributed by atoms with van der Waals surface area (Å²) in [6.07, 6.45) is 2.16. The zero-order chi connectivity index (χ0) is 14.3. The quantitative estimate of drug-likeness (QED) is 0.593. The fraction of sp³-hybridized carbons (Fsp3) is 0.429. The first kappa shape index (κ1) is 15.6. The highest BCUT2D eigenvalue weighted by atomic mass is 32.2. The molecule has 0 aliphatic rings. The lowest BCUT2D eigenvalue weighted by Crippen LogP contribution is -2.33. The maximum Gasteiger partial charge on any atom is 0.307 e. The van der Waals surface area contributed by atoms with Crippen LogP contribution < -0.4 is 0 Å². The molecule has 4 nitrogen and oxygen atoms in total. The van der Waals surface area contributed by atoms with Gasteiger partial charge in [0.1, 0.15) is 0 Å². The third kappa shape index (κ3) is 4.28. The summed E-state index contributed by atoms with van der Waals surface area (Å²) >= 11 is 1.54. The van der Waals surface area contributed by atoms with Gasteiger partial charge in [-0.2, -0.15) is 0 Å². The average molecular weight is 281 g/mol. The molecular weight excluding hydrogens is 262 g/mol. The molecule has 104 valence electrons. The molecule has 0 radical (unpaired) electrons. The van der Waals surface area contributed by atoms with E-state index in [1.54, 1.807) is 16.7 Å². The van der Waals surface area contributed by atoms with Crippen LogP contribution in [-0.2, 0) is 9.53 Å². The van der Waals surface area contributed by atoms with E-state index in [9.17, 15) is 9.59 Å². The van der Waals surface area contributed by atoms with Crippen molar-refractivity contribution in [2.75, 3.05) is 26.5 Å². The molecule has 1 aromatic carbocycles. The molecule has 0 saturated carbocycles. The molecule has 0 atom stereocenters. The Labute approximate surface area is 118 Å².